The van der Waals surface area contributed by atoms with Crippen molar-refractivity contribution in [1.82, 2.24) is 0 Å². The number of anilines is 1. The van der Waals surface area contributed by atoms with E-state index >= 15 is 0 Å². The van der Waals surface area contributed by atoms with Crippen LogP contribution in [0.2, 0.25) is 0 Å². The highest BCUT2D eigenvalue weighted by molar-refractivity contribution is 5.50. The molecule has 0 radical (unpaired) electrons. The van der Waals surface area contributed by atoms with Crippen molar-refractivity contribution in [3.05, 3.63) is 29.8 Å². The van der Waals surface area contributed by atoms with Crippen LogP contribution in [-0.4, -0.2) is 24.8 Å². The van der Waals surface area contributed by atoms with Gasteiger partial charge >= 0.3 is 0 Å². The summed E-state index contributed by atoms with van der Waals surface area (Å²) in [4.78, 5) is 2.31. The lowest BCUT2D eigenvalue weighted by atomic mass is 10.0. The van der Waals surface area contributed by atoms with Crippen molar-refractivity contribution in [3.8, 4) is 6.07 Å². The van der Waals surface area contributed by atoms with Crippen LogP contribution >= 0.6 is 0 Å². The number of rotatable bonds is 1. The Balaban J connectivity index is 2.18. The maximum Gasteiger partial charge on any atom is 0.0991 e. The average Bonchev–Trinajstić information content (AvgIpc) is 2.26. The third-order valence-electron chi connectivity index (χ3n) is 2.93. The van der Waals surface area contributed by atoms with E-state index in [2.05, 4.69) is 31.7 Å². The SMILES string of the molecule is CC1CN(c2ccc(C#N)cc2)CC(C)(C)O1. The van der Waals surface area contributed by atoms with Gasteiger partial charge in [0.25, 0.3) is 0 Å². The smallest absolute Gasteiger partial charge is 0.0991 e. The zero-order chi connectivity index (χ0) is 12.5. The lowest BCUT2D eigenvalue weighted by molar-refractivity contribution is -0.0749. The number of hydrogen-bond acceptors (Lipinski definition) is 3. The highest BCUT2D eigenvalue weighted by Crippen LogP contribution is 2.25. The Morgan fingerprint density at radius 3 is 2.53 bits per heavy atom. The predicted molar refractivity (Wildman–Crippen MR) is 68.0 cm³/mol. The topological polar surface area (TPSA) is 36.3 Å². The third-order valence-corrected chi connectivity index (χ3v) is 2.93. The largest absolute Gasteiger partial charge is 0.369 e. The molecule has 1 heterocycles. The molecule has 0 spiro atoms. The van der Waals surface area contributed by atoms with Gasteiger partial charge in [0.15, 0.2) is 0 Å². The molecule has 90 valence electrons. The lowest BCUT2D eigenvalue weighted by Gasteiger charge is -2.42. The first-order chi connectivity index (χ1) is 8.00. The summed E-state index contributed by atoms with van der Waals surface area (Å²) in [6.07, 6.45) is 0.231. The van der Waals surface area contributed by atoms with Crippen LogP contribution in [-0.2, 0) is 4.74 Å². The molecule has 0 saturated carbocycles. The van der Waals surface area contributed by atoms with E-state index in [0.29, 0.717) is 5.56 Å². The molecule has 0 aliphatic carbocycles. The molecule has 0 bridgehead atoms. The molecule has 1 aliphatic rings. The molecule has 1 unspecified atom stereocenters. The molecule has 0 N–H and O–H groups in total. The maximum atomic E-state index is 8.78. The quantitative estimate of drug-likeness (QED) is 0.744. The van der Waals surface area contributed by atoms with E-state index in [0.717, 1.165) is 18.8 Å². The van der Waals surface area contributed by atoms with Gasteiger partial charge in [0.1, 0.15) is 0 Å². The van der Waals surface area contributed by atoms with E-state index in [-0.39, 0.29) is 11.7 Å². The van der Waals surface area contributed by atoms with Crippen LogP contribution < -0.4 is 4.90 Å². The van der Waals surface area contributed by atoms with Crippen molar-refractivity contribution in [2.75, 3.05) is 18.0 Å². The number of benzene rings is 1. The van der Waals surface area contributed by atoms with Gasteiger partial charge in [-0.2, -0.15) is 5.26 Å². The zero-order valence-corrected chi connectivity index (χ0v) is 10.6. The van der Waals surface area contributed by atoms with Gasteiger partial charge in [-0.25, -0.2) is 0 Å². The minimum Gasteiger partial charge on any atom is -0.369 e. The van der Waals surface area contributed by atoms with Crippen molar-refractivity contribution in [3.63, 3.8) is 0 Å². The highest BCUT2D eigenvalue weighted by Gasteiger charge is 2.31. The second-order valence-electron chi connectivity index (χ2n) is 5.23. The summed E-state index contributed by atoms with van der Waals surface area (Å²) in [5, 5.41) is 8.78. The van der Waals surface area contributed by atoms with E-state index < -0.39 is 0 Å². The molecular formula is C14H18N2O. The first-order valence-electron chi connectivity index (χ1n) is 5.93. The minimum atomic E-state index is -0.119. The molecule has 3 heteroatoms. The second-order valence-corrected chi connectivity index (χ2v) is 5.23. The molecule has 1 aromatic rings. The molecule has 3 nitrogen and oxygen atoms in total. The van der Waals surface area contributed by atoms with Gasteiger partial charge in [-0.05, 0) is 45.0 Å². The van der Waals surface area contributed by atoms with Crippen LogP contribution in [0, 0.1) is 11.3 Å². The molecule has 1 aromatic carbocycles. The first-order valence-corrected chi connectivity index (χ1v) is 5.93. The summed E-state index contributed by atoms with van der Waals surface area (Å²) >= 11 is 0. The van der Waals surface area contributed by atoms with Gasteiger partial charge in [-0.3, -0.25) is 0 Å². The second kappa shape index (κ2) is 4.38. The standard InChI is InChI=1S/C14H18N2O/c1-11-9-16(10-14(2,3)17-11)13-6-4-12(8-15)5-7-13/h4-7,11H,9-10H2,1-3H3. The highest BCUT2D eigenvalue weighted by atomic mass is 16.5. The van der Waals surface area contributed by atoms with Crippen LogP contribution in [0.5, 0.6) is 0 Å². The number of hydrogen-bond donors (Lipinski definition) is 0. The summed E-state index contributed by atoms with van der Waals surface area (Å²) in [6, 6.07) is 9.88. The molecule has 1 saturated heterocycles. The normalized spacial score (nSPS) is 23.2. The molecular weight excluding hydrogens is 212 g/mol. The summed E-state index contributed by atoms with van der Waals surface area (Å²) in [6.45, 7) is 8.09. The van der Waals surface area contributed by atoms with E-state index in [1.807, 2.05) is 24.3 Å². The Morgan fingerprint density at radius 2 is 2.00 bits per heavy atom. The average molecular weight is 230 g/mol. The first kappa shape index (κ1) is 11.9. The Labute approximate surface area is 103 Å². The van der Waals surface area contributed by atoms with E-state index in [9.17, 15) is 0 Å². The molecule has 2 rings (SSSR count). The number of morpholine rings is 1. The fourth-order valence-electron chi connectivity index (χ4n) is 2.40. The van der Waals surface area contributed by atoms with E-state index in [4.69, 9.17) is 10.00 Å². The summed E-state index contributed by atoms with van der Waals surface area (Å²) < 4.78 is 5.88. The summed E-state index contributed by atoms with van der Waals surface area (Å²) in [7, 11) is 0. The van der Waals surface area contributed by atoms with Crippen LogP contribution in [0.1, 0.15) is 26.3 Å². The van der Waals surface area contributed by atoms with Crippen LogP contribution in [0.3, 0.4) is 0 Å². The minimum absolute atomic E-state index is 0.119. The Bertz CT molecular complexity index is 431. The maximum absolute atomic E-state index is 8.78. The fourth-order valence-corrected chi connectivity index (χ4v) is 2.40. The summed E-state index contributed by atoms with van der Waals surface area (Å²) in [5.74, 6) is 0. The molecule has 0 amide bonds. The van der Waals surface area contributed by atoms with Crippen molar-refractivity contribution < 1.29 is 4.74 Å². The predicted octanol–water partition coefficient (Wildman–Crippen LogP) is 2.56. The van der Waals surface area contributed by atoms with Crippen molar-refractivity contribution >= 4 is 5.69 Å². The third kappa shape index (κ3) is 2.78. The Morgan fingerprint density at radius 1 is 1.35 bits per heavy atom. The number of nitrogens with zero attached hydrogens (tertiary/aromatic N) is 2. The Kier molecular flexibility index (Phi) is 3.08. The van der Waals surface area contributed by atoms with Crippen molar-refractivity contribution in [2.24, 2.45) is 0 Å². The molecule has 1 atom stereocenters. The lowest BCUT2D eigenvalue weighted by Crippen LogP contribution is -2.52. The summed E-state index contributed by atoms with van der Waals surface area (Å²) in [5.41, 5.74) is 1.74. The van der Waals surface area contributed by atoms with E-state index in [1.165, 1.54) is 0 Å². The molecule has 0 aromatic heterocycles. The van der Waals surface area contributed by atoms with Crippen LogP contribution in [0.15, 0.2) is 24.3 Å². The molecule has 17 heavy (non-hydrogen) atoms. The van der Waals surface area contributed by atoms with Gasteiger partial charge in [0, 0.05) is 18.8 Å². The van der Waals surface area contributed by atoms with Gasteiger partial charge in [0.05, 0.1) is 23.3 Å². The van der Waals surface area contributed by atoms with Gasteiger partial charge in [-0.1, -0.05) is 0 Å². The number of nitriles is 1. The van der Waals surface area contributed by atoms with Crippen LogP contribution in [0.25, 0.3) is 0 Å². The van der Waals surface area contributed by atoms with E-state index in [1.54, 1.807) is 0 Å². The fraction of sp³-hybridized carbons (Fsp3) is 0.500. The van der Waals surface area contributed by atoms with Crippen molar-refractivity contribution in [2.45, 2.75) is 32.5 Å². The molecule has 1 aliphatic heterocycles. The van der Waals surface area contributed by atoms with Gasteiger partial charge < -0.3 is 9.64 Å². The van der Waals surface area contributed by atoms with Crippen molar-refractivity contribution in [1.29, 1.82) is 5.26 Å². The monoisotopic (exact) mass is 230 g/mol. The van der Waals surface area contributed by atoms with Gasteiger partial charge in [0.2, 0.25) is 0 Å². The Hall–Kier alpha value is -1.53. The van der Waals surface area contributed by atoms with Gasteiger partial charge in [-0.15, -0.1) is 0 Å². The van der Waals surface area contributed by atoms with Crippen LogP contribution in [0.4, 0.5) is 5.69 Å². The molecule has 1 fully saturated rings. The number of ether oxygens (including phenoxy) is 1. The zero-order valence-electron chi connectivity index (χ0n) is 10.6.